The predicted octanol–water partition coefficient (Wildman–Crippen LogP) is 1.69. The first-order chi connectivity index (χ1) is 12.6. The summed E-state index contributed by atoms with van der Waals surface area (Å²) in [6.45, 7) is 0. The second-order valence-corrected chi connectivity index (χ2v) is 5.52. The maximum absolute atomic E-state index is 11.6. The van der Waals surface area contributed by atoms with Crippen LogP contribution in [0.15, 0.2) is 58.2 Å². The molecule has 3 aromatic heterocycles. The van der Waals surface area contributed by atoms with Crippen LogP contribution in [-0.4, -0.2) is 32.4 Å². The molecule has 0 saturated carbocycles. The highest BCUT2D eigenvalue weighted by Crippen LogP contribution is 2.18. The van der Waals surface area contributed by atoms with Crippen LogP contribution in [0.5, 0.6) is 5.75 Å². The van der Waals surface area contributed by atoms with Gasteiger partial charge in [-0.2, -0.15) is 0 Å². The van der Waals surface area contributed by atoms with Gasteiger partial charge in [-0.1, -0.05) is 12.2 Å². The normalized spacial score (nSPS) is 16.4. The van der Waals surface area contributed by atoms with Crippen molar-refractivity contribution in [3.63, 3.8) is 0 Å². The van der Waals surface area contributed by atoms with Crippen molar-refractivity contribution in [1.29, 1.82) is 0 Å². The molecular formula is C19H13N3O4. The quantitative estimate of drug-likeness (QED) is 0.653. The Bertz CT molecular complexity index is 1210. The molecule has 0 amide bonds. The Labute approximate surface area is 146 Å². The maximum Gasteiger partial charge on any atom is 0.343 e. The van der Waals surface area contributed by atoms with Gasteiger partial charge in [0.05, 0.1) is 0 Å². The Morgan fingerprint density at radius 3 is 3.00 bits per heavy atom. The van der Waals surface area contributed by atoms with Crippen LogP contribution < -0.4 is 10.8 Å². The number of H-pyrrole nitrogens is 1. The van der Waals surface area contributed by atoms with Gasteiger partial charge in [-0.05, 0) is 30.4 Å². The number of aromatic carboxylic acids is 1. The van der Waals surface area contributed by atoms with E-state index in [1.165, 1.54) is 6.21 Å². The van der Waals surface area contributed by atoms with E-state index >= 15 is 0 Å². The van der Waals surface area contributed by atoms with Crippen molar-refractivity contribution in [3.8, 4) is 5.75 Å². The number of pyridine rings is 1. The molecule has 4 heterocycles. The van der Waals surface area contributed by atoms with Crippen molar-refractivity contribution in [1.82, 2.24) is 9.97 Å². The Kier molecular flexibility index (Phi) is 3.74. The number of carboxylic acids is 1. The number of carbonyl (C=O) groups is 1. The Hall–Kier alpha value is -3.87. The van der Waals surface area contributed by atoms with Gasteiger partial charge < -0.3 is 19.6 Å². The van der Waals surface area contributed by atoms with Gasteiger partial charge in [0.1, 0.15) is 16.9 Å². The number of aliphatic imine (C=N–C) groups is 1. The lowest BCUT2D eigenvalue weighted by Crippen LogP contribution is -2.13. The summed E-state index contributed by atoms with van der Waals surface area (Å²) in [5, 5.41) is 20.7. The molecule has 0 unspecified atom stereocenters. The lowest BCUT2D eigenvalue weighted by atomic mass is 10.2. The van der Waals surface area contributed by atoms with E-state index in [9.17, 15) is 15.0 Å². The zero-order valence-electron chi connectivity index (χ0n) is 13.4. The zero-order valence-corrected chi connectivity index (χ0v) is 13.4. The monoisotopic (exact) mass is 347 g/mol. The van der Waals surface area contributed by atoms with Crippen molar-refractivity contribution >= 4 is 35.0 Å². The fourth-order valence-electron chi connectivity index (χ4n) is 2.72. The summed E-state index contributed by atoms with van der Waals surface area (Å²) < 4.78 is 5.67. The molecule has 26 heavy (non-hydrogen) atoms. The van der Waals surface area contributed by atoms with Gasteiger partial charge in [0.2, 0.25) is 0 Å². The number of rotatable bonds is 2. The average molecular weight is 347 g/mol. The molecular weight excluding hydrogens is 334 g/mol. The number of aromatic nitrogens is 2. The Morgan fingerprint density at radius 1 is 1.27 bits per heavy atom. The summed E-state index contributed by atoms with van der Waals surface area (Å²) in [4.78, 5) is 23.0. The summed E-state index contributed by atoms with van der Waals surface area (Å²) in [6.07, 6.45) is 13.2. The molecule has 0 fully saturated rings. The summed E-state index contributed by atoms with van der Waals surface area (Å²) in [6, 6.07) is 3.65. The summed E-state index contributed by atoms with van der Waals surface area (Å²) in [7, 11) is 0. The molecule has 0 radical (unpaired) electrons. The highest BCUT2D eigenvalue weighted by atomic mass is 16.4. The van der Waals surface area contributed by atoms with E-state index in [4.69, 9.17) is 4.42 Å². The standard InChI is InChI=1S/C19H13N3O4/c23-16-14(9-11-10-22-18-12(11)5-4-8-21-18)26-17(15(16)19(24)25)13-6-2-1-3-7-20-13/h1-10,23H,(H,21,22)(H,24,25)/b14-9-,17-13?. The van der Waals surface area contributed by atoms with Crippen LogP contribution in [0.2, 0.25) is 0 Å². The summed E-state index contributed by atoms with van der Waals surface area (Å²) in [5.41, 5.74) is 1.41. The van der Waals surface area contributed by atoms with Gasteiger partial charge in [-0.3, -0.25) is 4.99 Å². The first-order valence-electron chi connectivity index (χ1n) is 7.76. The third-order valence-electron chi connectivity index (χ3n) is 3.90. The van der Waals surface area contributed by atoms with Gasteiger partial charge in [0, 0.05) is 29.6 Å². The van der Waals surface area contributed by atoms with Crippen LogP contribution in [0.3, 0.4) is 0 Å². The van der Waals surface area contributed by atoms with Crippen LogP contribution in [0.1, 0.15) is 15.9 Å². The molecule has 1 aliphatic heterocycles. The van der Waals surface area contributed by atoms with Gasteiger partial charge in [-0.25, -0.2) is 9.78 Å². The second kappa shape index (κ2) is 6.21. The van der Waals surface area contributed by atoms with Gasteiger partial charge in [0.15, 0.2) is 16.6 Å². The molecule has 0 bridgehead atoms. The largest absolute Gasteiger partial charge is 0.504 e. The SMILES string of the molecule is O=C(O)c1c(O)/c(=C/c2c[nH]c3ncccc23)oc1=C1C=CC=CC=N1. The summed E-state index contributed by atoms with van der Waals surface area (Å²) in [5.74, 6) is -1.74. The third kappa shape index (κ3) is 2.61. The number of aromatic hydroxyl groups is 1. The van der Waals surface area contributed by atoms with E-state index in [-0.39, 0.29) is 16.4 Å². The number of nitrogens with zero attached hydrogens (tertiary/aromatic N) is 2. The van der Waals surface area contributed by atoms with Gasteiger partial charge in [-0.15, -0.1) is 0 Å². The number of aromatic amines is 1. The van der Waals surface area contributed by atoms with Gasteiger partial charge in [0.25, 0.3) is 0 Å². The van der Waals surface area contributed by atoms with E-state index in [2.05, 4.69) is 15.0 Å². The highest BCUT2D eigenvalue weighted by Gasteiger charge is 2.20. The molecule has 1 aliphatic rings. The third-order valence-corrected chi connectivity index (χ3v) is 3.90. The van der Waals surface area contributed by atoms with Gasteiger partial charge >= 0.3 is 5.97 Å². The molecule has 128 valence electrons. The predicted molar refractivity (Wildman–Crippen MR) is 96.4 cm³/mol. The number of fused-ring (bicyclic) bond motifs is 1. The van der Waals surface area contributed by atoms with Crippen molar-refractivity contribution < 1.29 is 19.4 Å². The average Bonchev–Trinajstić information content (AvgIpc) is 3.05. The number of hydrogen-bond acceptors (Lipinski definition) is 5. The number of hydrogen-bond donors (Lipinski definition) is 3. The number of allylic oxidation sites excluding steroid dienone is 3. The molecule has 0 spiro atoms. The minimum absolute atomic E-state index is 0.00424. The van der Waals surface area contributed by atoms with Crippen LogP contribution in [0.4, 0.5) is 0 Å². The lowest BCUT2D eigenvalue weighted by molar-refractivity contribution is 0.0691. The van der Waals surface area contributed by atoms with Crippen molar-refractivity contribution in [2.24, 2.45) is 4.99 Å². The van der Waals surface area contributed by atoms with Crippen LogP contribution in [-0.2, 0) is 0 Å². The zero-order chi connectivity index (χ0) is 18.1. The van der Waals surface area contributed by atoms with Crippen molar-refractivity contribution in [2.75, 3.05) is 0 Å². The van der Waals surface area contributed by atoms with Crippen molar-refractivity contribution in [2.45, 2.75) is 0 Å². The van der Waals surface area contributed by atoms with Crippen molar-refractivity contribution in [3.05, 3.63) is 70.8 Å². The summed E-state index contributed by atoms with van der Waals surface area (Å²) >= 11 is 0. The first kappa shape index (κ1) is 15.6. The topological polar surface area (TPSA) is 112 Å². The minimum atomic E-state index is -1.30. The molecule has 0 saturated heterocycles. The lowest BCUT2D eigenvalue weighted by Gasteiger charge is -1.92. The number of nitrogens with one attached hydrogen (secondary N) is 1. The van der Waals surface area contributed by atoms with E-state index in [1.807, 2.05) is 6.07 Å². The van der Waals surface area contributed by atoms with E-state index in [0.717, 1.165) is 5.39 Å². The van der Waals surface area contributed by atoms with Crippen LogP contribution in [0.25, 0.3) is 22.8 Å². The first-order valence-corrected chi connectivity index (χ1v) is 7.76. The number of furan rings is 1. The minimum Gasteiger partial charge on any atom is -0.504 e. The van der Waals surface area contributed by atoms with E-state index in [0.29, 0.717) is 16.9 Å². The molecule has 0 aromatic carbocycles. The Balaban J connectivity index is 2.01. The number of carboxylic acid groups (broad SMARTS) is 1. The maximum atomic E-state index is 11.6. The van der Waals surface area contributed by atoms with Crippen LogP contribution >= 0.6 is 0 Å². The molecule has 4 rings (SSSR count). The second-order valence-electron chi connectivity index (χ2n) is 5.52. The smallest absolute Gasteiger partial charge is 0.343 e. The fraction of sp³-hybridized carbons (Fsp3) is 0. The molecule has 3 aromatic rings. The van der Waals surface area contributed by atoms with E-state index in [1.54, 1.807) is 48.8 Å². The van der Waals surface area contributed by atoms with E-state index < -0.39 is 11.7 Å². The fourth-order valence-corrected chi connectivity index (χ4v) is 2.72. The molecule has 0 aliphatic carbocycles. The molecule has 7 heteroatoms. The molecule has 7 nitrogen and oxygen atoms in total. The molecule has 3 N–H and O–H groups in total. The molecule has 0 atom stereocenters. The highest BCUT2D eigenvalue weighted by molar-refractivity contribution is 5.93. The Morgan fingerprint density at radius 2 is 2.15 bits per heavy atom. The van der Waals surface area contributed by atoms with Crippen LogP contribution in [0, 0.1) is 0 Å².